The van der Waals surface area contributed by atoms with Crippen LogP contribution in [0.1, 0.15) is 38.2 Å². The number of rotatable bonds is 4. The van der Waals surface area contributed by atoms with Gasteiger partial charge in [0.2, 0.25) is 0 Å². The summed E-state index contributed by atoms with van der Waals surface area (Å²) in [5.41, 5.74) is 1.83. The van der Waals surface area contributed by atoms with Gasteiger partial charge in [0, 0.05) is 21.5 Å². The third-order valence-electron chi connectivity index (χ3n) is 4.35. The summed E-state index contributed by atoms with van der Waals surface area (Å²) in [7, 11) is 0. The van der Waals surface area contributed by atoms with E-state index in [2.05, 4.69) is 40.1 Å². The van der Waals surface area contributed by atoms with Gasteiger partial charge < -0.3 is 10.6 Å². The Morgan fingerprint density at radius 3 is 2.78 bits per heavy atom. The average molecular weight is 423 g/mol. The Kier molecular flexibility index (Phi) is 6.46. The fourth-order valence-corrected chi connectivity index (χ4v) is 3.51. The number of hydrogen-bond acceptors (Lipinski definition) is 3. The summed E-state index contributed by atoms with van der Waals surface area (Å²) in [5.74, 6) is 0.203. The molecule has 0 heterocycles. The van der Waals surface area contributed by atoms with Crippen LogP contribution in [0.3, 0.4) is 0 Å². The van der Waals surface area contributed by atoms with Crippen LogP contribution in [0.4, 0.5) is 5.69 Å². The largest absolute Gasteiger partial charge is 0.387 e. The highest BCUT2D eigenvalue weighted by Gasteiger charge is 2.20. The molecule has 23 heavy (non-hydrogen) atoms. The molecule has 0 aliphatic heterocycles. The number of carbonyl (C=O) groups excluding carboxylic acids is 1. The summed E-state index contributed by atoms with van der Waals surface area (Å²) in [6.45, 7) is 4.15. The van der Waals surface area contributed by atoms with Crippen molar-refractivity contribution in [2.75, 3.05) is 5.32 Å². The predicted octanol–water partition coefficient (Wildman–Crippen LogP) is 4.11. The van der Waals surface area contributed by atoms with E-state index in [1.165, 1.54) is 19.3 Å². The molecular weight excluding hydrogens is 401 g/mol. The van der Waals surface area contributed by atoms with Crippen LogP contribution >= 0.6 is 22.6 Å². The lowest BCUT2D eigenvalue weighted by atomic mass is 9.86. The van der Waals surface area contributed by atoms with Gasteiger partial charge in [-0.3, -0.25) is 4.79 Å². The number of nitrogens with one attached hydrogen (secondary N) is 2. The summed E-state index contributed by atoms with van der Waals surface area (Å²) in [6.07, 6.45) is 6.33. The first-order valence-corrected chi connectivity index (χ1v) is 9.03. The van der Waals surface area contributed by atoms with E-state index in [1.807, 2.05) is 31.2 Å². The molecule has 0 spiro atoms. The number of carbonyl (C=O) groups is 1. The molecule has 1 amide bonds. The molecule has 1 aromatic carbocycles. The molecular formula is C18H22IN3O. The van der Waals surface area contributed by atoms with Crippen LogP contribution in [0.25, 0.3) is 0 Å². The molecule has 2 rings (SSSR count). The molecule has 0 bridgehead atoms. The Bertz CT molecular complexity index is 648. The molecule has 2 atom stereocenters. The van der Waals surface area contributed by atoms with Crippen LogP contribution in [0.15, 0.2) is 30.0 Å². The van der Waals surface area contributed by atoms with Gasteiger partial charge in [-0.1, -0.05) is 19.8 Å². The molecule has 1 aliphatic rings. The van der Waals surface area contributed by atoms with Gasteiger partial charge in [-0.05, 0) is 72.0 Å². The highest BCUT2D eigenvalue weighted by Crippen LogP contribution is 2.24. The molecule has 2 unspecified atom stereocenters. The van der Waals surface area contributed by atoms with Crippen molar-refractivity contribution in [3.63, 3.8) is 0 Å². The molecule has 1 fully saturated rings. The van der Waals surface area contributed by atoms with E-state index in [0.717, 1.165) is 21.2 Å². The zero-order valence-electron chi connectivity index (χ0n) is 13.5. The van der Waals surface area contributed by atoms with Crippen LogP contribution in [0.5, 0.6) is 0 Å². The van der Waals surface area contributed by atoms with Crippen molar-refractivity contribution in [2.24, 2.45) is 5.92 Å². The van der Waals surface area contributed by atoms with Crippen molar-refractivity contribution < 1.29 is 4.79 Å². The van der Waals surface area contributed by atoms with Crippen molar-refractivity contribution in [2.45, 2.75) is 45.6 Å². The Hall–Kier alpha value is -1.55. The second-order valence-corrected chi connectivity index (χ2v) is 7.36. The van der Waals surface area contributed by atoms with Crippen molar-refractivity contribution >= 4 is 34.2 Å². The number of hydrogen-bond donors (Lipinski definition) is 2. The molecule has 122 valence electrons. The van der Waals surface area contributed by atoms with Crippen molar-refractivity contribution in [3.8, 4) is 6.07 Å². The quantitative estimate of drug-likeness (QED) is 0.435. The van der Waals surface area contributed by atoms with Crippen molar-refractivity contribution in [1.29, 1.82) is 5.26 Å². The maximum absolute atomic E-state index is 12.3. The van der Waals surface area contributed by atoms with Gasteiger partial charge in [0.1, 0.15) is 11.6 Å². The number of anilines is 1. The van der Waals surface area contributed by atoms with E-state index >= 15 is 0 Å². The standard InChI is InChI=1S/C18H22IN3O/c1-12-5-3-4-6-16(12)21-11-14(10-20)18(23)22-17-8-7-15(19)9-13(17)2/h7-9,11-12,16,21H,3-6H2,1-2H3,(H,22,23)/b14-11-. The molecule has 0 saturated heterocycles. The lowest BCUT2D eigenvalue weighted by Gasteiger charge is -2.29. The molecule has 4 nitrogen and oxygen atoms in total. The van der Waals surface area contributed by atoms with E-state index < -0.39 is 0 Å². The second-order valence-electron chi connectivity index (χ2n) is 6.12. The first-order chi connectivity index (χ1) is 11.0. The zero-order valence-corrected chi connectivity index (χ0v) is 15.7. The van der Waals surface area contributed by atoms with Gasteiger partial charge in [0.25, 0.3) is 5.91 Å². The smallest absolute Gasteiger partial charge is 0.267 e. The van der Waals surface area contributed by atoms with E-state index in [-0.39, 0.29) is 11.5 Å². The zero-order chi connectivity index (χ0) is 16.8. The fourth-order valence-electron chi connectivity index (χ4n) is 2.86. The SMILES string of the molecule is Cc1cc(I)ccc1NC(=O)/C(C#N)=C\NC1CCCCC1C. The van der Waals surface area contributed by atoms with Gasteiger partial charge in [0.15, 0.2) is 0 Å². The predicted molar refractivity (Wildman–Crippen MR) is 101 cm³/mol. The Morgan fingerprint density at radius 2 is 2.13 bits per heavy atom. The van der Waals surface area contributed by atoms with Gasteiger partial charge in [0.05, 0.1) is 0 Å². The fraction of sp³-hybridized carbons (Fsp3) is 0.444. The Labute approximate surface area is 151 Å². The van der Waals surface area contributed by atoms with E-state index in [0.29, 0.717) is 12.0 Å². The number of nitriles is 1. The minimum atomic E-state index is -0.368. The molecule has 1 aromatic rings. The highest BCUT2D eigenvalue weighted by molar-refractivity contribution is 14.1. The van der Waals surface area contributed by atoms with Crippen LogP contribution < -0.4 is 10.6 Å². The summed E-state index contributed by atoms with van der Waals surface area (Å²) < 4.78 is 1.11. The lowest BCUT2D eigenvalue weighted by Crippen LogP contribution is -2.34. The molecule has 1 aliphatic carbocycles. The second kappa shape index (κ2) is 8.34. The molecule has 2 N–H and O–H groups in total. The first kappa shape index (κ1) is 17.8. The molecule has 0 aromatic heterocycles. The monoisotopic (exact) mass is 423 g/mol. The third kappa shape index (κ3) is 4.96. The molecule has 0 radical (unpaired) electrons. The normalized spacial score (nSPS) is 21.4. The summed E-state index contributed by atoms with van der Waals surface area (Å²) in [6, 6.07) is 8.13. The minimum absolute atomic E-state index is 0.112. The molecule has 5 heteroatoms. The Balaban J connectivity index is 2.03. The van der Waals surface area contributed by atoms with Crippen LogP contribution in [-0.4, -0.2) is 11.9 Å². The van der Waals surface area contributed by atoms with Crippen molar-refractivity contribution in [1.82, 2.24) is 5.32 Å². The summed E-state index contributed by atoms with van der Waals surface area (Å²) in [4.78, 5) is 12.3. The highest BCUT2D eigenvalue weighted by atomic mass is 127. The van der Waals surface area contributed by atoms with Gasteiger partial charge in [-0.2, -0.15) is 5.26 Å². The van der Waals surface area contributed by atoms with E-state index in [1.54, 1.807) is 6.20 Å². The first-order valence-electron chi connectivity index (χ1n) is 7.95. The minimum Gasteiger partial charge on any atom is -0.387 e. The van der Waals surface area contributed by atoms with Crippen LogP contribution in [-0.2, 0) is 4.79 Å². The average Bonchev–Trinajstić information content (AvgIpc) is 2.52. The maximum atomic E-state index is 12.3. The summed E-state index contributed by atoms with van der Waals surface area (Å²) >= 11 is 2.23. The van der Waals surface area contributed by atoms with E-state index in [9.17, 15) is 10.1 Å². The maximum Gasteiger partial charge on any atom is 0.267 e. The number of halogens is 1. The Morgan fingerprint density at radius 1 is 1.39 bits per heavy atom. The number of nitrogens with zero attached hydrogens (tertiary/aromatic N) is 1. The van der Waals surface area contributed by atoms with E-state index in [4.69, 9.17) is 0 Å². The summed E-state index contributed by atoms with van der Waals surface area (Å²) in [5, 5.41) is 15.3. The number of benzene rings is 1. The lowest BCUT2D eigenvalue weighted by molar-refractivity contribution is -0.112. The van der Waals surface area contributed by atoms with Crippen LogP contribution in [0, 0.1) is 27.7 Å². The van der Waals surface area contributed by atoms with Crippen molar-refractivity contribution in [3.05, 3.63) is 39.1 Å². The van der Waals surface area contributed by atoms with Crippen LogP contribution in [0.2, 0.25) is 0 Å². The van der Waals surface area contributed by atoms with Gasteiger partial charge >= 0.3 is 0 Å². The molecule has 1 saturated carbocycles. The third-order valence-corrected chi connectivity index (χ3v) is 5.03. The van der Waals surface area contributed by atoms with Gasteiger partial charge in [-0.15, -0.1) is 0 Å². The number of amides is 1. The topological polar surface area (TPSA) is 64.9 Å². The number of aryl methyl sites for hydroxylation is 1. The van der Waals surface area contributed by atoms with Gasteiger partial charge in [-0.25, -0.2) is 0 Å².